The van der Waals surface area contributed by atoms with Crippen LogP contribution in [0.3, 0.4) is 0 Å². The molecule has 0 aliphatic heterocycles. The standard InChI is InChI=1S/C20H23N3O5/c1-20(2,10-24)18(25)12-8-21-19-16(12)23-13(9-22-19)11-6-14(26-3)17(28-5)15(7-11)27-4/h6-9,24H,10H2,1-5H3,(H,21,22). The van der Waals surface area contributed by atoms with Crippen molar-refractivity contribution in [2.45, 2.75) is 13.8 Å². The van der Waals surface area contributed by atoms with E-state index >= 15 is 0 Å². The minimum atomic E-state index is -0.917. The summed E-state index contributed by atoms with van der Waals surface area (Å²) in [5.41, 5.74) is 1.65. The highest BCUT2D eigenvalue weighted by atomic mass is 16.5. The van der Waals surface area contributed by atoms with Crippen molar-refractivity contribution in [1.29, 1.82) is 0 Å². The Balaban J connectivity index is 2.15. The smallest absolute Gasteiger partial charge is 0.203 e. The molecule has 0 aliphatic carbocycles. The van der Waals surface area contributed by atoms with Gasteiger partial charge in [0.25, 0.3) is 0 Å². The van der Waals surface area contributed by atoms with Crippen molar-refractivity contribution in [2.75, 3.05) is 27.9 Å². The monoisotopic (exact) mass is 385 g/mol. The maximum Gasteiger partial charge on any atom is 0.203 e. The van der Waals surface area contributed by atoms with Crippen molar-refractivity contribution in [3.63, 3.8) is 0 Å². The number of aliphatic hydroxyl groups is 1. The lowest BCUT2D eigenvalue weighted by atomic mass is 9.86. The Labute approximate surface area is 162 Å². The maximum atomic E-state index is 12.8. The molecule has 3 aromatic rings. The van der Waals surface area contributed by atoms with Crippen LogP contribution >= 0.6 is 0 Å². The number of benzene rings is 1. The van der Waals surface area contributed by atoms with E-state index in [4.69, 9.17) is 14.2 Å². The fraction of sp³-hybridized carbons (Fsp3) is 0.350. The van der Waals surface area contributed by atoms with Crippen LogP contribution in [0, 0.1) is 5.41 Å². The van der Waals surface area contributed by atoms with Crippen molar-refractivity contribution in [3.8, 4) is 28.5 Å². The Morgan fingerprint density at radius 2 is 1.79 bits per heavy atom. The number of hydrogen-bond acceptors (Lipinski definition) is 7. The molecule has 8 nitrogen and oxygen atoms in total. The lowest BCUT2D eigenvalue weighted by Gasteiger charge is -2.19. The SMILES string of the molecule is COc1cc(-c2cnc3[nH]cc(C(=O)C(C)(C)CO)c3n2)cc(OC)c1OC. The summed E-state index contributed by atoms with van der Waals surface area (Å²) in [7, 11) is 4.61. The van der Waals surface area contributed by atoms with Crippen molar-refractivity contribution in [3.05, 3.63) is 30.1 Å². The van der Waals surface area contributed by atoms with Gasteiger partial charge in [0.05, 0.1) is 50.8 Å². The number of nitrogens with zero attached hydrogens (tertiary/aromatic N) is 2. The molecule has 0 atom stereocenters. The first-order valence-electron chi connectivity index (χ1n) is 8.66. The predicted molar refractivity (Wildman–Crippen MR) is 104 cm³/mol. The van der Waals surface area contributed by atoms with E-state index in [-0.39, 0.29) is 12.4 Å². The quantitative estimate of drug-likeness (QED) is 0.602. The van der Waals surface area contributed by atoms with Gasteiger partial charge in [0.15, 0.2) is 22.9 Å². The van der Waals surface area contributed by atoms with Gasteiger partial charge in [0, 0.05) is 11.8 Å². The van der Waals surface area contributed by atoms with E-state index in [0.717, 1.165) is 0 Å². The van der Waals surface area contributed by atoms with E-state index < -0.39 is 5.41 Å². The first-order chi connectivity index (χ1) is 13.4. The van der Waals surface area contributed by atoms with Crippen LogP contribution in [0.15, 0.2) is 24.5 Å². The Morgan fingerprint density at radius 3 is 2.32 bits per heavy atom. The van der Waals surface area contributed by atoms with Gasteiger partial charge in [-0.1, -0.05) is 13.8 Å². The molecule has 0 saturated heterocycles. The summed E-state index contributed by atoms with van der Waals surface area (Å²) in [6.45, 7) is 3.10. The molecule has 2 aromatic heterocycles. The molecule has 3 rings (SSSR count). The highest BCUT2D eigenvalue weighted by Crippen LogP contribution is 2.41. The van der Waals surface area contributed by atoms with Gasteiger partial charge in [0.2, 0.25) is 5.75 Å². The fourth-order valence-corrected chi connectivity index (χ4v) is 2.87. The molecule has 1 aromatic carbocycles. The van der Waals surface area contributed by atoms with Gasteiger partial charge in [-0.3, -0.25) is 4.79 Å². The summed E-state index contributed by atoms with van der Waals surface area (Å²) in [5.74, 6) is 1.25. The number of rotatable bonds is 7. The van der Waals surface area contributed by atoms with Crippen LogP contribution in [0.4, 0.5) is 0 Å². The summed E-state index contributed by atoms with van der Waals surface area (Å²) in [5, 5.41) is 9.53. The third-order valence-electron chi connectivity index (χ3n) is 4.60. The zero-order chi connectivity index (χ0) is 20.5. The first-order valence-corrected chi connectivity index (χ1v) is 8.66. The summed E-state index contributed by atoms with van der Waals surface area (Å²) < 4.78 is 16.1. The van der Waals surface area contributed by atoms with Crippen molar-refractivity contribution < 1.29 is 24.1 Å². The average molecular weight is 385 g/mol. The molecule has 148 valence electrons. The molecule has 0 fully saturated rings. The summed E-state index contributed by atoms with van der Waals surface area (Å²) in [6.07, 6.45) is 3.17. The fourth-order valence-electron chi connectivity index (χ4n) is 2.87. The number of aromatic amines is 1. The molecule has 0 unspecified atom stereocenters. The zero-order valence-corrected chi connectivity index (χ0v) is 16.5. The van der Waals surface area contributed by atoms with E-state index in [9.17, 15) is 9.90 Å². The van der Waals surface area contributed by atoms with Crippen LogP contribution in [0.5, 0.6) is 17.2 Å². The van der Waals surface area contributed by atoms with E-state index in [1.807, 2.05) is 0 Å². The third-order valence-corrected chi connectivity index (χ3v) is 4.60. The summed E-state index contributed by atoms with van der Waals surface area (Å²) in [4.78, 5) is 24.8. The Bertz CT molecular complexity index is 1000. The van der Waals surface area contributed by atoms with Gasteiger partial charge in [-0.15, -0.1) is 0 Å². The second-order valence-corrected chi connectivity index (χ2v) is 6.94. The third kappa shape index (κ3) is 3.27. The van der Waals surface area contributed by atoms with Gasteiger partial charge in [-0.05, 0) is 12.1 Å². The molecule has 0 amide bonds. The minimum Gasteiger partial charge on any atom is -0.493 e. The number of hydrogen-bond donors (Lipinski definition) is 2. The van der Waals surface area contributed by atoms with Crippen LogP contribution in [0.2, 0.25) is 0 Å². The van der Waals surface area contributed by atoms with Gasteiger partial charge < -0.3 is 24.3 Å². The van der Waals surface area contributed by atoms with Crippen molar-refractivity contribution >= 4 is 16.9 Å². The van der Waals surface area contributed by atoms with Gasteiger partial charge in [-0.25, -0.2) is 9.97 Å². The van der Waals surface area contributed by atoms with Crippen LogP contribution in [0.25, 0.3) is 22.4 Å². The van der Waals surface area contributed by atoms with Crippen LogP contribution in [-0.2, 0) is 0 Å². The first kappa shape index (κ1) is 19.6. The number of ether oxygens (including phenoxy) is 3. The molecule has 0 saturated carbocycles. The van der Waals surface area contributed by atoms with Crippen molar-refractivity contribution in [2.24, 2.45) is 5.41 Å². The van der Waals surface area contributed by atoms with Crippen LogP contribution < -0.4 is 14.2 Å². The largest absolute Gasteiger partial charge is 0.493 e. The molecule has 2 N–H and O–H groups in total. The lowest BCUT2D eigenvalue weighted by molar-refractivity contribution is 0.0727. The van der Waals surface area contributed by atoms with E-state index in [1.54, 1.807) is 38.4 Å². The molecule has 0 radical (unpaired) electrons. The summed E-state index contributed by atoms with van der Waals surface area (Å²) >= 11 is 0. The molecule has 0 bridgehead atoms. The van der Waals surface area contributed by atoms with Crippen LogP contribution in [0.1, 0.15) is 24.2 Å². The van der Waals surface area contributed by atoms with Gasteiger partial charge >= 0.3 is 0 Å². The Morgan fingerprint density at radius 1 is 1.14 bits per heavy atom. The molecule has 0 aliphatic rings. The lowest BCUT2D eigenvalue weighted by Crippen LogP contribution is -2.28. The van der Waals surface area contributed by atoms with Crippen LogP contribution in [-0.4, -0.2) is 53.8 Å². The molecule has 28 heavy (non-hydrogen) atoms. The van der Waals surface area contributed by atoms with E-state index in [0.29, 0.717) is 45.2 Å². The Kier molecular flexibility index (Phi) is 5.24. The topological polar surface area (TPSA) is 107 Å². The predicted octanol–water partition coefficient (Wildman–Crippen LogP) is 2.85. The number of carbonyl (C=O) groups is 1. The summed E-state index contributed by atoms with van der Waals surface area (Å²) in [6, 6.07) is 3.53. The van der Waals surface area contributed by atoms with E-state index in [2.05, 4.69) is 15.0 Å². The molecular formula is C20H23N3O5. The number of ketones is 1. The normalized spacial score (nSPS) is 11.5. The van der Waals surface area contributed by atoms with Gasteiger partial charge in [0.1, 0.15) is 5.52 Å². The number of aromatic nitrogens is 3. The zero-order valence-electron chi connectivity index (χ0n) is 16.5. The number of methoxy groups -OCH3 is 3. The highest BCUT2D eigenvalue weighted by molar-refractivity contribution is 6.08. The number of carbonyl (C=O) groups excluding carboxylic acids is 1. The average Bonchev–Trinajstić information content (AvgIpc) is 3.14. The number of Topliss-reactive ketones (excluding diaryl/α,β-unsaturated/α-hetero) is 1. The number of aliphatic hydroxyl groups excluding tert-OH is 1. The Hall–Kier alpha value is -3.13. The molecule has 2 heterocycles. The number of fused-ring (bicyclic) bond motifs is 1. The molecule has 0 spiro atoms. The second-order valence-electron chi connectivity index (χ2n) is 6.94. The minimum absolute atomic E-state index is 0.211. The highest BCUT2D eigenvalue weighted by Gasteiger charge is 2.30. The molecule has 8 heteroatoms. The second kappa shape index (κ2) is 7.47. The number of nitrogens with one attached hydrogen (secondary N) is 1. The van der Waals surface area contributed by atoms with E-state index in [1.165, 1.54) is 21.3 Å². The number of H-pyrrole nitrogens is 1. The van der Waals surface area contributed by atoms with Gasteiger partial charge in [-0.2, -0.15) is 0 Å². The molecular weight excluding hydrogens is 362 g/mol. The van der Waals surface area contributed by atoms with Crippen molar-refractivity contribution in [1.82, 2.24) is 15.0 Å². The maximum absolute atomic E-state index is 12.8.